The highest BCUT2D eigenvalue weighted by molar-refractivity contribution is 6.00. The third-order valence-electron chi connectivity index (χ3n) is 2.95. The lowest BCUT2D eigenvalue weighted by Crippen LogP contribution is -2.24. The van der Waals surface area contributed by atoms with Gasteiger partial charge in [-0.2, -0.15) is 0 Å². The highest BCUT2D eigenvalue weighted by atomic mass is 16.1. The summed E-state index contributed by atoms with van der Waals surface area (Å²) in [6.07, 6.45) is 3.55. The van der Waals surface area contributed by atoms with E-state index in [1.165, 1.54) is 0 Å². The molecule has 0 aliphatic heterocycles. The zero-order chi connectivity index (χ0) is 12.9. The Bertz CT molecular complexity index is 770. The number of aromatic amines is 2. The molecule has 94 valence electrons. The smallest absolute Gasteiger partial charge is 0.326 e. The van der Waals surface area contributed by atoms with Crippen molar-refractivity contribution in [2.24, 2.45) is 5.41 Å². The Hall–Kier alpha value is -2.04. The van der Waals surface area contributed by atoms with E-state index < -0.39 is 0 Å². The van der Waals surface area contributed by atoms with Gasteiger partial charge in [0, 0.05) is 18.1 Å². The van der Waals surface area contributed by atoms with Gasteiger partial charge in [-0.1, -0.05) is 20.8 Å². The second-order valence-corrected chi connectivity index (χ2v) is 5.84. The zero-order valence-corrected chi connectivity index (χ0v) is 10.7. The lowest BCUT2D eigenvalue weighted by atomic mass is 9.97. The second-order valence-electron chi connectivity index (χ2n) is 5.84. The van der Waals surface area contributed by atoms with Crippen LogP contribution in [-0.2, 0) is 6.54 Å². The van der Waals surface area contributed by atoms with E-state index in [2.05, 4.69) is 35.7 Å². The Morgan fingerprint density at radius 3 is 2.89 bits per heavy atom. The Morgan fingerprint density at radius 1 is 1.39 bits per heavy atom. The number of hydrogen-bond acceptors (Lipinski definition) is 2. The van der Waals surface area contributed by atoms with Crippen LogP contribution >= 0.6 is 0 Å². The number of rotatable bonds is 1. The number of nitrogens with one attached hydrogen (secondary N) is 2. The summed E-state index contributed by atoms with van der Waals surface area (Å²) < 4.78 is 1.80. The fourth-order valence-electron chi connectivity index (χ4n) is 2.29. The highest BCUT2D eigenvalue weighted by Crippen LogP contribution is 2.23. The fraction of sp³-hybridized carbons (Fsp3) is 0.385. The van der Waals surface area contributed by atoms with Crippen LogP contribution in [-0.4, -0.2) is 19.5 Å². The predicted molar refractivity (Wildman–Crippen MR) is 71.7 cm³/mol. The lowest BCUT2D eigenvalue weighted by Gasteiger charge is -2.18. The summed E-state index contributed by atoms with van der Waals surface area (Å²) in [6.45, 7) is 7.03. The normalized spacial score (nSPS) is 12.6. The van der Waals surface area contributed by atoms with Crippen molar-refractivity contribution in [1.29, 1.82) is 0 Å². The molecule has 0 saturated carbocycles. The molecule has 0 atom stereocenters. The van der Waals surface area contributed by atoms with Gasteiger partial charge in [-0.25, -0.2) is 9.78 Å². The van der Waals surface area contributed by atoms with Gasteiger partial charge < -0.3 is 9.97 Å². The summed E-state index contributed by atoms with van der Waals surface area (Å²) in [6, 6.07) is 1.96. The van der Waals surface area contributed by atoms with Crippen LogP contribution in [0.5, 0.6) is 0 Å². The van der Waals surface area contributed by atoms with Crippen LogP contribution < -0.4 is 5.69 Å². The van der Waals surface area contributed by atoms with Crippen molar-refractivity contribution in [1.82, 2.24) is 19.5 Å². The molecule has 0 aliphatic rings. The quantitative estimate of drug-likeness (QED) is 0.689. The minimum atomic E-state index is -0.0737. The molecule has 0 aromatic carbocycles. The topological polar surface area (TPSA) is 66.5 Å². The van der Waals surface area contributed by atoms with Crippen molar-refractivity contribution < 1.29 is 0 Å². The molecule has 3 aromatic rings. The maximum Gasteiger partial charge on any atom is 0.326 e. The number of hydrogen-bond donors (Lipinski definition) is 2. The molecule has 18 heavy (non-hydrogen) atoms. The van der Waals surface area contributed by atoms with Gasteiger partial charge in [0.1, 0.15) is 5.65 Å². The molecule has 0 saturated heterocycles. The van der Waals surface area contributed by atoms with Crippen LogP contribution in [0.1, 0.15) is 20.8 Å². The Balaban J connectivity index is 2.38. The molecule has 0 spiro atoms. The Labute approximate surface area is 104 Å². The standard InChI is InChI=1S/C13H16N4O/c1-13(2,3)7-17-10-8-4-5-14-11(8)15-6-9(10)16-12(17)18/h4-6H,7H2,1-3H3,(H,14,15)(H,16,18). The number of pyridine rings is 1. The van der Waals surface area contributed by atoms with Crippen molar-refractivity contribution in [3.05, 3.63) is 28.9 Å². The largest absolute Gasteiger partial charge is 0.346 e. The van der Waals surface area contributed by atoms with E-state index in [0.29, 0.717) is 6.54 Å². The summed E-state index contributed by atoms with van der Waals surface area (Å²) in [5.74, 6) is 0. The Kier molecular flexibility index (Phi) is 2.14. The first-order valence-electron chi connectivity index (χ1n) is 6.00. The molecule has 0 bridgehead atoms. The molecule has 0 aliphatic carbocycles. The summed E-state index contributed by atoms with van der Waals surface area (Å²) in [7, 11) is 0. The molecular formula is C13H16N4O. The van der Waals surface area contributed by atoms with Gasteiger partial charge >= 0.3 is 5.69 Å². The fourth-order valence-corrected chi connectivity index (χ4v) is 2.29. The first kappa shape index (κ1) is 11.1. The van der Waals surface area contributed by atoms with Gasteiger partial charge in [-0.05, 0) is 11.5 Å². The third kappa shape index (κ3) is 1.63. The number of fused-ring (bicyclic) bond motifs is 3. The van der Waals surface area contributed by atoms with Crippen molar-refractivity contribution in [3.8, 4) is 0 Å². The maximum absolute atomic E-state index is 12.1. The summed E-state index contributed by atoms with van der Waals surface area (Å²) in [4.78, 5) is 22.3. The van der Waals surface area contributed by atoms with Crippen molar-refractivity contribution in [2.75, 3.05) is 0 Å². The Morgan fingerprint density at radius 2 is 2.17 bits per heavy atom. The molecule has 2 N–H and O–H groups in total. The van der Waals surface area contributed by atoms with Gasteiger partial charge in [0.05, 0.1) is 17.2 Å². The van der Waals surface area contributed by atoms with Gasteiger partial charge in [-0.15, -0.1) is 0 Å². The molecule has 3 heterocycles. The summed E-state index contributed by atoms with van der Waals surface area (Å²) in [5, 5.41) is 0.982. The zero-order valence-electron chi connectivity index (χ0n) is 10.7. The van der Waals surface area contributed by atoms with E-state index in [1.54, 1.807) is 10.8 Å². The van der Waals surface area contributed by atoms with E-state index in [9.17, 15) is 4.79 Å². The molecule has 3 aromatic heterocycles. The van der Waals surface area contributed by atoms with Crippen LogP contribution in [0.25, 0.3) is 22.1 Å². The predicted octanol–water partition coefficient (Wildman–Crippen LogP) is 2.25. The van der Waals surface area contributed by atoms with Crippen molar-refractivity contribution >= 4 is 22.1 Å². The van der Waals surface area contributed by atoms with E-state index in [-0.39, 0.29) is 11.1 Å². The number of nitrogens with zero attached hydrogens (tertiary/aromatic N) is 2. The third-order valence-corrected chi connectivity index (χ3v) is 2.95. The lowest BCUT2D eigenvalue weighted by molar-refractivity contribution is 0.344. The van der Waals surface area contributed by atoms with E-state index in [1.807, 2.05) is 12.3 Å². The van der Waals surface area contributed by atoms with Gasteiger partial charge in [0.25, 0.3) is 0 Å². The second kappa shape index (κ2) is 3.48. The maximum atomic E-state index is 12.1. The molecule has 3 rings (SSSR count). The van der Waals surface area contributed by atoms with Crippen molar-refractivity contribution in [2.45, 2.75) is 27.3 Å². The highest BCUT2D eigenvalue weighted by Gasteiger charge is 2.17. The van der Waals surface area contributed by atoms with E-state index in [4.69, 9.17) is 0 Å². The van der Waals surface area contributed by atoms with Crippen LogP contribution in [0.4, 0.5) is 0 Å². The summed E-state index contributed by atoms with van der Waals surface area (Å²) >= 11 is 0. The molecule has 5 nitrogen and oxygen atoms in total. The molecular weight excluding hydrogens is 228 g/mol. The minimum Gasteiger partial charge on any atom is -0.346 e. The number of aromatic nitrogens is 4. The molecule has 0 radical (unpaired) electrons. The average Bonchev–Trinajstić information content (AvgIpc) is 2.81. The number of H-pyrrole nitrogens is 2. The molecule has 0 amide bonds. The van der Waals surface area contributed by atoms with Crippen LogP contribution in [0.15, 0.2) is 23.3 Å². The summed E-state index contributed by atoms with van der Waals surface area (Å²) in [5.41, 5.74) is 2.50. The minimum absolute atomic E-state index is 0.0465. The first-order chi connectivity index (χ1) is 8.46. The molecule has 0 unspecified atom stereocenters. The van der Waals surface area contributed by atoms with E-state index >= 15 is 0 Å². The molecule has 0 fully saturated rings. The molecule has 5 heteroatoms. The monoisotopic (exact) mass is 244 g/mol. The van der Waals surface area contributed by atoms with Crippen LogP contribution in [0.3, 0.4) is 0 Å². The average molecular weight is 244 g/mol. The van der Waals surface area contributed by atoms with Crippen LogP contribution in [0.2, 0.25) is 0 Å². The van der Waals surface area contributed by atoms with E-state index in [0.717, 1.165) is 22.1 Å². The van der Waals surface area contributed by atoms with Crippen LogP contribution in [0, 0.1) is 5.41 Å². The van der Waals surface area contributed by atoms with Gasteiger partial charge in [0.2, 0.25) is 0 Å². The first-order valence-corrected chi connectivity index (χ1v) is 6.00. The van der Waals surface area contributed by atoms with Gasteiger partial charge in [0.15, 0.2) is 0 Å². The van der Waals surface area contributed by atoms with Crippen molar-refractivity contribution in [3.63, 3.8) is 0 Å². The van der Waals surface area contributed by atoms with Gasteiger partial charge in [-0.3, -0.25) is 4.57 Å². The number of imidazole rings is 1. The SMILES string of the molecule is CC(C)(C)Cn1c(=O)[nH]c2cnc3[nH]ccc3c21.